The fourth-order valence-electron chi connectivity index (χ4n) is 4.53. The van der Waals surface area contributed by atoms with E-state index in [0.717, 1.165) is 9.47 Å². The zero-order valence-corrected chi connectivity index (χ0v) is 21.0. The first-order valence-corrected chi connectivity index (χ1v) is 11.9. The van der Waals surface area contributed by atoms with Gasteiger partial charge >= 0.3 is 11.9 Å². The molecule has 13 nitrogen and oxygen atoms in total. The van der Waals surface area contributed by atoms with Crippen LogP contribution in [0.2, 0.25) is 0 Å². The molecule has 204 valence electrons. The van der Waals surface area contributed by atoms with Gasteiger partial charge in [-0.15, -0.1) is 0 Å². The number of aromatic nitrogens is 8. The Morgan fingerprint density at radius 1 is 1.08 bits per heavy atom. The monoisotopic (exact) mass is 544 g/mol. The minimum absolute atomic E-state index is 0.0121. The third-order valence-electron chi connectivity index (χ3n) is 6.68. The van der Waals surface area contributed by atoms with Crippen molar-refractivity contribution in [2.45, 2.75) is 38.0 Å². The van der Waals surface area contributed by atoms with Gasteiger partial charge in [-0.1, -0.05) is 0 Å². The number of hydrogen-bond donors (Lipinski definition) is 1. The van der Waals surface area contributed by atoms with Crippen LogP contribution in [0.4, 0.5) is 24.9 Å². The van der Waals surface area contributed by atoms with Crippen LogP contribution in [0.5, 0.6) is 0 Å². The minimum Gasteiger partial charge on any atom is -0.329 e. The van der Waals surface area contributed by atoms with Crippen molar-refractivity contribution in [3.63, 3.8) is 0 Å². The number of alkyl halides is 3. The number of carbonyl (C=O) groups is 1. The van der Waals surface area contributed by atoms with E-state index in [1.165, 1.54) is 54.3 Å². The Morgan fingerprint density at radius 3 is 2.49 bits per heavy atom. The molecule has 4 aromatic heterocycles. The number of imidazole rings is 1. The standard InChI is InChI=1S/C23H23F3N10O3/c1-12(36-11-30-18-17(36)20(38)34(3)22(39)33(18)2)19(37)32-16-10-27-9-14(31-16)13-7-28-21(29-8-13)35-6-4-5-15(35)23(24,25)26/h7-12,15H,4-6H2,1-3H3,(H,31,32,37)/t12-,15+/m1/s1. The van der Waals surface area contributed by atoms with Gasteiger partial charge in [0.1, 0.15) is 12.1 Å². The van der Waals surface area contributed by atoms with Crippen molar-refractivity contribution in [3.8, 4) is 11.3 Å². The Kier molecular flexibility index (Phi) is 6.40. The normalized spacial score (nSPS) is 16.6. The highest BCUT2D eigenvalue weighted by molar-refractivity contribution is 5.93. The van der Waals surface area contributed by atoms with Gasteiger partial charge in [0.2, 0.25) is 11.9 Å². The molecular formula is C23H23F3N10O3. The Bertz CT molecular complexity index is 1680. The molecule has 0 spiro atoms. The van der Waals surface area contributed by atoms with E-state index >= 15 is 0 Å². The highest BCUT2D eigenvalue weighted by Crippen LogP contribution is 2.34. The number of halogens is 3. The van der Waals surface area contributed by atoms with Crippen LogP contribution in [0.15, 0.2) is 40.7 Å². The molecule has 1 amide bonds. The molecule has 0 saturated carbocycles. The van der Waals surface area contributed by atoms with Gasteiger partial charge in [0, 0.05) is 38.6 Å². The summed E-state index contributed by atoms with van der Waals surface area (Å²) in [5, 5.41) is 2.63. The van der Waals surface area contributed by atoms with Crippen LogP contribution in [0.25, 0.3) is 22.4 Å². The zero-order chi connectivity index (χ0) is 28.1. The second-order valence-corrected chi connectivity index (χ2v) is 9.15. The Morgan fingerprint density at radius 2 is 1.79 bits per heavy atom. The molecule has 16 heteroatoms. The molecule has 2 atom stereocenters. The molecule has 0 aliphatic carbocycles. The fraction of sp³-hybridized carbons (Fsp3) is 0.391. The van der Waals surface area contributed by atoms with E-state index in [4.69, 9.17) is 0 Å². The molecule has 0 bridgehead atoms. The van der Waals surface area contributed by atoms with Gasteiger partial charge in [-0.3, -0.25) is 23.7 Å². The summed E-state index contributed by atoms with van der Waals surface area (Å²) < 4.78 is 43.4. The summed E-state index contributed by atoms with van der Waals surface area (Å²) in [6.07, 6.45) is 2.73. The maximum atomic E-state index is 13.3. The van der Waals surface area contributed by atoms with Crippen LogP contribution >= 0.6 is 0 Å². The van der Waals surface area contributed by atoms with E-state index in [9.17, 15) is 27.6 Å². The van der Waals surface area contributed by atoms with Crippen molar-refractivity contribution >= 4 is 28.8 Å². The number of aryl methyl sites for hydroxylation is 1. The molecular weight excluding hydrogens is 521 g/mol. The first-order chi connectivity index (χ1) is 18.5. The van der Waals surface area contributed by atoms with Crippen LogP contribution in [0, 0.1) is 0 Å². The molecule has 0 unspecified atom stereocenters. The largest absolute Gasteiger partial charge is 0.408 e. The SMILES string of the molecule is C[C@H](C(=O)Nc1cncc(-c2cnc(N3CCC[C@H]3C(F)(F)F)nc2)n1)n1cnc2c1c(=O)n(C)c(=O)n2C. The third-order valence-corrected chi connectivity index (χ3v) is 6.68. The Hall–Kier alpha value is -4.63. The highest BCUT2D eigenvalue weighted by Gasteiger charge is 2.46. The average Bonchev–Trinajstić information content (AvgIpc) is 3.59. The van der Waals surface area contributed by atoms with E-state index in [0.29, 0.717) is 12.0 Å². The summed E-state index contributed by atoms with van der Waals surface area (Å²) in [6, 6.07) is -2.53. The van der Waals surface area contributed by atoms with Gasteiger partial charge in [0.05, 0.1) is 24.4 Å². The van der Waals surface area contributed by atoms with E-state index in [2.05, 4.69) is 30.2 Å². The molecule has 0 aromatic carbocycles. The number of fused-ring (bicyclic) bond motifs is 1. The highest BCUT2D eigenvalue weighted by atomic mass is 19.4. The van der Waals surface area contributed by atoms with Crippen molar-refractivity contribution < 1.29 is 18.0 Å². The second kappa shape index (κ2) is 9.59. The number of hydrogen-bond acceptors (Lipinski definition) is 9. The number of rotatable bonds is 5. The first kappa shape index (κ1) is 26.0. The van der Waals surface area contributed by atoms with Crippen molar-refractivity contribution in [1.29, 1.82) is 0 Å². The summed E-state index contributed by atoms with van der Waals surface area (Å²) in [4.78, 5) is 59.8. The summed E-state index contributed by atoms with van der Waals surface area (Å²) >= 11 is 0. The predicted molar refractivity (Wildman–Crippen MR) is 133 cm³/mol. The van der Waals surface area contributed by atoms with Crippen molar-refractivity contribution in [2.24, 2.45) is 14.1 Å². The molecule has 39 heavy (non-hydrogen) atoms. The predicted octanol–water partition coefficient (Wildman–Crippen LogP) is 1.41. The lowest BCUT2D eigenvalue weighted by atomic mass is 10.2. The molecule has 1 aliphatic rings. The molecule has 5 heterocycles. The van der Waals surface area contributed by atoms with E-state index < -0.39 is 35.4 Å². The minimum atomic E-state index is -4.37. The lowest BCUT2D eigenvalue weighted by Gasteiger charge is -2.26. The van der Waals surface area contributed by atoms with Crippen LogP contribution in [-0.4, -0.2) is 63.3 Å². The summed E-state index contributed by atoms with van der Waals surface area (Å²) in [6.45, 7) is 1.76. The summed E-state index contributed by atoms with van der Waals surface area (Å²) in [5.41, 5.74) is -0.222. The second-order valence-electron chi connectivity index (χ2n) is 9.15. The van der Waals surface area contributed by atoms with Gasteiger partial charge in [0.15, 0.2) is 17.0 Å². The van der Waals surface area contributed by atoms with Gasteiger partial charge in [-0.2, -0.15) is 13.2 Å². The van der Waals surface area contributed by atoms with E-state index in [-0.39, 0.29) is 41.6 Å². The molecule has 5 rings (SSSR count). The molecule has 1 N–H and O–H groups in total. The topological polar surface area (TPSA) is 146 Å². The van der Waals surface area contributed by atoms with Crippen LogP contribution in [-0.2, 0) is 18.9 Å². The van der Waals surface area contributed by atoms with Gasteiger partial charge in [-0.05, 0) is 19.8 Å². The van der Waals surface area contributed by atoms with Gasteiger partial charge < -0.3 is 14.8 Å². The molecule has 1 saturated heterocycles. The Balaban J connectivity index is 1.35. The lowest BCUT2D eigenvalue weighted by Crippen LogP contribution is -2.42. The van der Waals surface area contributed by atoms with Crippen LogP contribution < -0.4 is 21.5 Å². The summed E-state index contributed by atoms with van der Waals surface area (Å²) in [5.74, 6) is -0.466. The zero-order valence-electron chi connectivity index (χ0n) is 21.0. The maximum absolute atomic E-state index is 13.3. The smallest absolute Gasteiger partial charge is 0.329 e. The molecule has 4 aromatic rings. The number of carbonyl (C=O) groups excluding carboxylic acids is 1. The number of nitrogens with zero attached hydrogens (tertiary/aromatic N) is 9. The van der Waals surface area contributed by atoms with Crippen LogP contribution in [0.3, 0.4) is 0 Å². The molecule has 1 aliphatic heterocycles. The average molecular weight is 544 g/mol. The fourth-order valence-corrected chi connectivity index (χ4v) is 4.53. The van der Waals surface area contributed by atoms with Crippen molar-refractivity contribution in [1.82, 2.24) is 38.6 Å². The maximum Gasteiger partial charge on any atom is 0.408 e. The number of amides is 1. The van der Waals surface area contributed by atoms with Crippen LogP contribution in [0.1, 0.15) is 25.8 Å². The summed E-state index contributed by atoms with van der Waals surface area (Å²) in [7, 11) is 2.81. The quantitative estimate of drug-likeness (QED) is 0.394. The first-order valence-electron chi connectivity index (χ1n) is 11.9. The van der Waals surface area contributed by atoms with E-state index in [1.54, 1.807) is 6.92 Å². The van der Waals surface area contributed by atoms with Crippen molar-refractivity contribution in [2.75, 3.05) is 16.8 Å². The van der Waals surface area contributed by atoms with E-state index in [1.807, 2.05) is 0 Å². The van der Waals surface area contributed by atoms with Crippen molar-refractivity contribution in [3.05, 3.63) is 52.0 Å². The third kappa shape index (κ3) is 4.61. The molecule has 0 radical (unpaired) electrons. The lowest BCUT2D eigenvalue weighted by molar-refractivity contribution is -0.146. The van der Waals surface area contributed by atoms with Gasteiger partial charge in [-0.25, -0.2) is 24.7 Å². The number of anilines is 2. The Labute approximate surface area is 218 Å². The number of nitrogens with one attached hydrogen (secondary N) is 1. The van der Waals surface area contributed by atoms with Gasteiger partial charge in [0.25, 0.3) is 5.56 Å². The molecule has 1 fully saturated rings.